The molecule has 3 rings (SSSR count). The van der Waals surface area contributed by atoms with Gasteiger partial charge in [-0.15, -0.1) is 0 Å². The third-order valence-corrected chi connectivity index (χ3v) is 3.10. The lowest BCUT2D eigenvalue weighted by atomic mass is 10.1. The number of amides is 1. The summed E-state index contributed by atoms with van der Waals surface area (Å²) in [5.41, 5.74) is 3.20. The Kier molecular flexibility index (Phi) is 3.51. The Hall–Kier alpha value is -2.88. The van der Waals surface area contributed by atoms with Crippen LogP contribution in [0.3, 0.4) is 0 Å². The second kappa shape index (κ2) is 5.63. The fourth-order valence-electron chi connectivity index (χ4n) is 2.12. The van der Waals surface area contributed by atoms with Gasteiger partial charge in [0.15, 0.2) is 6.39 Å². The summed E-state index contributed by atoms with van der Waals surface area (Å²) in [4.78, 5) is 16.5. The summed E-state index contributed by atoms with van der Waals surface area (Å²) >= 11 is 0. The summed E-state index contributed by atoms with van der Waals surface area (Å²) in [6.07, 6.45) is 1.29. The van der Waals surface area contributed by atoms with Crippen LogP contribution in [0.2, 0.25) is 0 Å². The highest BCUT2D eigenvalue weighted by Gasteiger charge is 2.18. The molecular weight excluding hydrogens is 264 g/mol. The minimum absolute atomic E-state index is 0.211. The van der Waals surface area contributed by atoms with Gasteiger partial charge >= 0.3 is 0 Å². The van der Waals surface area contributed by atoms with Gasteiger partial charge < -0.3 is 9.73 Å². The quantitative estimate of drug-likeness (QED) is 0.790. The first-order valence-electron chi connectivity index (χ1n) is 6.61. The van der Waals surface area contributed by atoms with Crippen LogP contribution in [0.5, 0.6) is 0 Å². The zero-order chi connectivity index (χ0) is 14.7. The van der Waals surface area contributed by atoms with Crippen molar-refractivity contribution in [1.82, 2.24) is 4.98 Å². The van der Waals surface area contributed by atoms with Crippen molar-refractivity contribution in [2.75, 3.05) is 5.32 Å². The molecule has 0 bridgehead atoms. The van der Waals surface area contributed by atoms with E-state index in [0.29, 0.717) is 5.69 Å². The summed E-state index contributed by atoms with van der Waals surface area (Å²) in [7, 11) is 0. The summed E-state index contributed by atoms with van der Waals surface area (Å²) in [6.45, 7) is 1.97. The Bertz CT molecular complexity index is 763. The number of nitrogens with one attached hydrogen (secondary N) is 1. The van der Waals surface area contributed by atoms with Gasteiger partial charge in [-0.25, -0.2) is 4.98 Å². The van der Waals surface area contributed by atoms with Gasteiger partial charge in [0.25, 0.3) is 5.91 Å². The van der Waals surface area contributed by atoms with Crippen LogP contribution >= 0.6 is 0 Å². The third kappa shape index (κ3) is 2.84. The fourth-order valence-corrected chi connectivity index (χ4v) is 2.12. The van der Waals surface area contributed by atoms with Crippen LogP contribution < -0.4 is 5.32 Å². The minimum atomic E-state index is -0.308. The minimum Gasteiger partial charge on any atom is -0.438 e. The number of aryl methyl sites for hydroxylation is 1. The molecule has 0 spiro atoms. The van der Waals surface area contributed by atoms with Crippen molar-refractivity contribution in [3.63, 3.8) is 0 Å². The van der Waals surface area contributed by atoms with Crippen LogP contribution in [-0.2, 0) is 0 Å². The Labute approximate surface area is 122 Å². The van der Waals surface area contributed by atoms with Crippen molar-refractivity contribution < 1.29 is 9.21 Å². The fraction of sp³-hybridized carbons (Fsp3) is 0.0588. The van der Waals surface area contributed by atoms with Crippen LogP contribution in [-0.4, -0.2) is 10.9 Å². The number of hydrogen-bond donors (Lipinski definition) is 1. The molecule has 1 heterocycles. The maximum Gasteiger partial charge on any atom is 0.293 e. The number of benzene rings is 2. The van der Waals surface area contributed by atoms with E-state index in [1.807, 2.05) is 61.5 Å². The predicted molar refractivity (Wildman–Crippen MR) is 81.1 cm³/mol. The first-order valence-corrected chi connectivity index (χ1v) is 6.61. The van der Waals surface area contributed by atoms with Gasteiger partial charge in [-0.3, -0.25) is 4.79 Å². The molecule has 104 valence electrons. The molecule has 0 atom stereocenters. The largest absolute Gasteiger partial charge is 0.438 e. The highest BCUT2D eigenvalue weighted by molar-refractivity contribution is 6.05. The van der Waals surface area contributed by atoms with E-state index in [2.05, 4.69) is 10.3 Å². The van der Waals surface area contributed by atoms with Crippen molar-refractivity contribution in [3.05, 3.63) is 72.3 Å². The molecule has 4 nitrogen and oxygen atoms in total. The Morgan fingerprint density at radius 2 is 1.90 bits per heavy atom. The molecule has 0 saturated carbocycles. The molecule has 0 aliphatic rings. The Morgan fingerprint density at radius 3 is 2.67 bits per heavy atom. The zero-order valence-electron chi connectivity index (χ0n) is 11.5. The average molecular weight is 278 g/mol. The van der Waals surface area contributed by atoms with E-state index in [-0.39, 0.29) is 11.7 Å². The van der Waals surface area contributed by atoms with E-state index in [1.165, 1.54) is 6.39 Å². The highest BCUT2D eigenvalue weighted by Crippen LogP contribution is 2.22. The van der Waals surface area contributed by atoms with Crippen molar-refractivity contribution in [3.8, 4) is 11.3 Å². The summed E-state index contributed by atoms with van der Waals surface area (Å²) < 4.78 is 5.26. The van der Waals surface area contributed by atoms with Crippen LogP contribution in [0.1, 0.15) is 16.1 Å². The molecule has 0 unspecified atom stereocenters. The number of rotatable bonds is 3. The molecule has 0 aliphatic heterocycles. The van der Waals surface area contributed by atoms with Crippen LogP contribution in [0.25, 0.3) is 11.3 Å². The molecule has 3 aromatic rings. The number of nitrogens with zero attached hydrogens (tertiary/aromatic N) is 1. The number of carbonyl (C=O) groups excluding carboxylic acids is 1. The molecular formula is C17H14N2O2. The lowest BCUT2D eigenvalue weighted by Crippen LogP contribution is -2.12. The van der Waals surface area contributed by atoms with Crippen molar-refractivity contribution in [2.24, 2.45) is 0 Å². The molecule has 21 heavy (non-hydrogen) atoms. The SMILES string of the molecule is Cc1cccc(NC(=O)c2ocnc2-c2ccccc2)c1. The molecule has 1 N–H and O–H groups in total. The standard InChI is InChI=1S/C17H14N2O2/c1-12-6-5-9-14(10-12)19-17(20)16-15(18-11-21-16)13-7-3-2-4-8-13/h2-11H,1H3,(H,19,20). The maximum absolute atomic E-state index is 12.3. The van der Waals surface area contributed by atoms with Crippen molar-refractivity contribution in [2.45, 2.75) is 6.92 Å². The Morgan fingerprint density at radius 1 is 1.10 bits per heavy atom. The van der Waals surface area contributed by atoms with Gasteiger partial charge in [-0.1, -0.05) is 42.5 Å². The van der Waals surface area contributed by atoms with Gasteiger partial charge in [0.2, 0.25) is 5.76 Å². The smallest absolute Gasteiger partial charge is 0.293 e. The third-order valence-electron chi connectivity index (χ3n) is 3.10. The monoisotopic (exact) mass is 278 g/mol. The lowest BCUT2D eigenvalue weighted by Gasteiger charge is -2.05. The molecule has 0 radical (unpaired) electrons. The molecule has 1 amide bonds. The molecule has 0 fully saturated rings. The van der Waals surface area contributed by atoms with Gasteiger partial charge in [0.1, 0.15) is 5.69 Å². The molecule has 4 heteroatoms. The maximum atomic E-state index is 12.3. The van der Waals surface area contributed by atoms with E-state index in [0.717, 1.165) is 16.8 Å². The van der Waals surface area contributed by atoms with Crippen LogP contribution in [0, 0.1) is 6.92 Å². The van der Waals surface area contributed by atoms with Crippen LogP contribution in [0.15, 0.2) is 65.4 Å². The van der Waals surface area contributed by atoms with Gasteiger partial charge in [-0.05, 0) is 24.6 Å². The summed E-state index contributed by atoms with van der Waals surface area (Å²) in [5, 5.41) is 2.82. The lowest BCUT2D eigenvalue weighted by molar-refractivity contribution is 0.0997. The van der Waals surface area contributed by atoms with Crippen molar-refractivity contribution in [1.29, 1.82) is 0 Å². The number of aromatic nitrogens is 1. The normalized spacial score (nSPS) is 10.3. The van der Waals surface area contributed by atoms with E-state index >= 15 is 0 Å². The first kappa shape index (κ1) is 13.1. The zero-order valence-corrected chi connectivity index (χ0v) is 11.5. The topological polar surface area (TPSA) is 55.1 Å². The first-order chi connectivity index (χ1) is 10.2. The number of oxazole rings is 1. The van der Waals surface area contributed by atoms with E-state index < -0.39 is 0 Å². The highest BCUT2D eigenvalue weighted by atomic mass is 16.3. The molecule has 0 saturated heterocycles. The average Bonchev–Trinajstić information content (AvgIpc) is 2.98. The molecule has 0 aliphatic carbocycles. The van der Waals surface area contributed by atoms with Gasteiger partial charge in [0, 0.05) is 11.3 Å². The number of hydrogen-bond acceptors (Lipinski definition) is 3. The van der Waals surface area contributed by atoms with Gasteiger partial charge in [-0.2, -0.15) is 0 Å². The van der Waals surface area contributed by atoms with Gasteiger partial charge in [0.05, 0.1) is 0 Å². The Balaban J connectivity index is 1.88. The second-order valence-electron chi connectivity index (χ2n) is 4.72. The number of anilines is 1. The summed E-state index contributed by atoms with van der Waals surface area (Å²) in [5.74, 6) is -0.0975. The van der Waals surface area contributed by atoms with E-state index in [1.54, 1.807) is 0 Å². The predicted octanol–water partition coefficient (Wildman–Crippen LogP) is 3.90. The van der Waals surface area contributed by atoms with Crippen LogP contribution in [0.4, 0.5) is 5.69 Å². The molecule has 2 aromatic carbocycles. The van der Waals surface area contributed by atoms with E-state index in [4.69, 9.17) is 4.42 Å². The second-order valence-corrected chi connectivity index (χ2v) is 4.72. The number of carbonyl (C=O) groups is 1. The van der Waals surface area contributed by atoms with Crippen molar-refractivity contribution >= 4 is 11.6 Å². The molecule has 1 aromatic heterocycles. The summed E-state index contributed by atoms with van der Waals surface area (Å²) in [6, 6.07) is 17.1. The van der Waals surface area contributed by atoms with E-state index in [9.17, 15) is 4.79 Å².